The van der Waals surface area contributed by atoms with Gasteiger partial charge in [0.15, 0.2) is 11.6 Å². The zero-order valence-corrected chi connectivity index (χ0v) is 9.07. The summed E-state index contributed by atoms with van der Waals surface area (Å²) < 4.78 is 24.3. The number of rotatable bonds is 3. The van der Waals surface area contributed by atoms with Crippen LogP contribution in [0, 0.1) is 11.6 Å². The number of carboxylic acids is 1. The SMILES string of the molecule is CC(C)(Sc1ccc(F)c(F)c1)C(=O)O. The zero-order valence-electron chi connectivity index (χ0n) is 8.25. The molecule has 1 aromatic carbocycles. The summed E-state index contributed by atoms with van der Waals surface area (Å²) in [5, 5.41) is 8.84. The third-order valence-electron chi connectivity index (χ3n) is 1.78. The van der Waals surface area contributed by atoms with E-state index in [4.69, 9.17) is 5.11 Å². The molecule has 1 N–H and O–H groups in total. The van der Waals surface area contributed by atoms with E-state index in [0.29, 0.717) is 4.90 Å². The second-order valence-corrected chi connectivity index (χ2v) is 5.19. The smallest absolute Gasteiger partial charge is 0.319 e. The highest BCUT2D eigenvalue weighted by molar-refractivity contribution is 8.01. The minimum absolute atomic E-state index is 0.390. The van der Waals surface area contributed by atoms with E-state index in [-0.39, 0.29) is 0 Å². The van der Waals surface area contributed by atoms with Crippen molar-refractivity contribution in [1.82, 2.24) is 0 Å². The van der Waals surface area contributed by atoms with Crippen LogP contribution in [0.4, 0.5) is 8.78 Å². The van der Waals surface area contributed by atoms with Gasteiger partial charge in [0.05, 0.1) is 0 Å². The first-order chi connectivity index (χ1) is 6.83. The number of aliphatic carboxylic acids is 1. The van der Waals surface area contributed by atoms with Gasteiger partial charge in [0.2, 0.25) is 0 Å². The number of hydrogen-bond acceptors (Lipinski definition) is 2. The van der Waals surface area contributed by atoms with Crippen LogP contribution in [0.5, 0.6) is 0 Å². The number of benzene rings is 1. The minimum Gasteiger partial charge on any atom is -0.480 e. The first kappa shape index (κ1) is 12.0. The van der Waals surface area contributed by atoms with E-state index in [9.17, 15) is 13.6 Å². The molecular formula is C10H10F2O2S. The molecule has 0 spiro atoms. The molecule has 5 heteroatoms. The molecule has 0 amide bonds. The molecule has 0 aliphatic carbocycles. The summed E-state index contributed by atoms with van der Waals surface area (Å²) in [5.41, 5.74) is 0. The van der Waals surface area contributed by atoms with E-state index < -0.39 is 22.4 Å². The first-order valence-corrected chi connectivity index (χ1v) is 5.02. The highest BCUT2D eigenvalue weighted by Crippen LogP contribution is 2.33. The average molecular weight is 232 g/mol. The molecular weight excluding hydrogens is 222 g/mol. The van der Waals surface area contributed by atoms with Gasteiger partial charge in [0.25, 0.3) is 0 Å². The Morgan fingerprint density at radius 1 is 1.33 bits per heavy atom. The summed E-state index contributed by atoms with van der Waals surface area (Å²) in [7, 11) is 0. The normalized spacial score (nSPS) is 11.5. The first-order valence-electron chi connectivity index (χ1n) is 4.20. The molecule has 0 saturated heterocycles. The predicted molar refractivity (Wildman–Crippen MR) is 53.9 cm³/mol. The summed E-state index contributed by atoms with van der Waals surface area (Å²) in [4.78, 5) is 11.2. The number of halogens is 2. The van der Waals surface area contributed by atoms with Crippen LogP contribution in [-0.2, 0) is 4.79 Å². The summed E-state index contributed by atoms with van der Waals surface area (Å²) >= 11 is 0.971. The lowest BCUT2D eigenvalue weighted by molar-refractivity contribution is -0.138. The van der Waals surface area contributed by atoms with Crippen LogP contribution in [0.25, 0.3) is 0 Å². The van der Waals surface area contributed by atoms with Crippen molar-refractivity contribution in [2.24, 2.45) is 0 Å². The van der Waals surface area contributed by atoms with Gasteiger partial charge < -0.3 is 5.11 Å². The molecule has 15 heavy (non-hydrogen) atoms. The molecule has 0 aromatic heterocycles. The Bertz CT molecular complexity index is 391. The fourth-order valence-electron chi connectivity index (χ4n) is 0.879. The number of hydrogen-bond donors (Lipinski definition) is 1. The lowest BCUT2D eigenvalue weighted by atomic mass is 10.2. The van der Waals surface area contributed by atoms with Crippen LogP contribution in [0.3, 0.4) is 0 Å². The lowest BCUT2D eigenvalue weighted by Crippen LogP contribution is -2.26. The molecule has 2 nitrogen and oxygen atoms in total. The fourth-order valence-corrected chi connectivity index (χ4v) is 1.85. The Balaban J connectivity index is 2.91. The Labute approximate surface area is 90.3 Å². The number of thioether (sulfide) groups is 1. The van der Waals surface area contributed by atoms with Gasteiger partial charge in [-0.3, -0.25) is 4.79 Å². The van der Waals surface area contributed by atoms with Crippen molar-refractivity contribution >= 4 is 17.7 Å². The van der Waals surface area contributed by atoms with E-state index in [1.54, 1.807) is 0 Å². The zero-order chi connectivity index (χ0) is 11.6. The Hall–Kier alpha value is -1.10. The largest absolute Gasteiger partial charge is 0.480 e. The average Bonchev–Trinajstić information content (AvgIpc) is 2.10. The Kier molecular flexibility index (Phi) is 3.34. The molecule has 1 aromatic rings. The van der Waals surface area contributed by atoms with Crippen LogP contribution >= 0.6 is 11.8 Å². The molecule has 0 aliphatic heterocycles. The maximum atomic E-state index is 12.8. The highest BCUT2D eigenvalue weighted by Gasteiger charge is 2.28. The molecule has 0 atom stereocenters. The summed E-state index contributed by atoms with van der Waals surface area (Å²) in [5.74, 6) is -2.91. The molecule has 1 rings (SSSR count). The van der Waals surface area contributed by atoms with Gasteiger partial charge in [-0.15, -0.1) is 11.8 Å². The fraction of sp³-hybridized carbons (Fsp3) is 0.300. The summed E-state index contributed by atoms with van der Waals surface area (Å²) in [6.45, 7) is 3.00. The van der Waals surface area contributed by atoms with Crippen LogP contribution in [0.2, 0.25) is 0 Å². The van der Waals surface area contributed by atoms with Crippen molar-refractivity contribution in [2.75, 3.05) is 0 Å². The second kappa shape index (κ2) is 4.18. The van der Waals surface area contributed by atoms with Gasteiger partial charge in [-0.25, -0.2) is 8.78 Å². The van der Waals surface area contributed by atoms with Gasteiger partial charge >= 0.3 is 5.97 Å². The molecule has 0 fully saturated rings. The van der Waals surface area contributed by atoms with E-state index in [2.05, 4.69) is 0 Å². The summed E-state index contributed by atoms with van der Waals surface area (Å²) in [6, 6.07) is 3.33. The standard InChI is InChI=1S/C10H10F2O2S/c1-10(2,9(13)14)15-6-3-4-7(11)8(12)5-6/h3-5H,1-2H3,(H,13,14). The minimum atomic E-state index is -1.07. The third kappa shape index (κ3) is 2.92. The number of carbonyl (C=O) groups is 1. The maximum Gasteiger partial charge on any atom is 0.319 e. The van der Waals surface area contributed by atoms with Crippen LogP contribution in [0.1, 0.15) is 13.8 Å². The third-order valence-corrected chi connectivity index (χ3v) is 2.95. The topological polar surface area (TPSA) is 37.3 Å². The Morgan fingerprint density at radius 3 is 2.40 bits per heavy atom. The molecule has 0 unspecified atom stereocenters. The van der Waals surface area contributed by atoms with Crippen molar-refractivity contribution in [3.8, 4) is 0 Å². The van der Waals surface area contributed by atoms with Crippen molar-refractivity contribution in [1.29, 1.82) is 0 Å². The van der Waals surface area contributed by atoms with Gasteiger partial charge in [-0.1, -0.05) is 0 Å². The second-order valence-electron chi connectivity index (χ2n) is 3.49. The van der Waals surface area contributed by atoms with Crippen LogP contribution in [0.15, 0.2) is 23.1 Å². The van der Waals surface area contributed by atoms with Gasteiger partial charge in [0, 0.05) is 4.90 Å². The predicted octanol–water partition coefficient (Wildman–Crippen LogP) is 2.92. The van der Waals surface area contributed by atoms with Gasteiger partial charge in [0.1, 0.15) is 4.75 Å². The number of carboxylic acid groups (broad SMARTS) is 1. The quantitative estimate of drug-likeness (QED) is 0.814. The van der Waals surface area contributed by atoms with Crippen molar-refractivity contribution in [3.63, 3.8) is 0 Å². The monoisotopic (exact) mass is 232 g/mol. The molecule has 0 aliphatic rings. The van der Waals surface area contributed by atoms with Crippen molar-refractivity contribution < 1.29 is 18.7 Å². The Morgan fingerprint density at radius 2 is 1.93 bits per heavy atom. The van der Waals surface area contributed by atoms with E-state index >= 15 is 0 Å². The molecule has 0 radical (unpaired) electrons. The van der Waals surface area contributed by atoms with E-state index in [1.807, 2.05) is 0 Å². The maximum absolute atomic E-state index is 12.8. The van der Waals surface area contributed by atoms with Crippen LogP contribution < -0.4 is 0 Å². The van der Waals surface area contributed by atoms with Crippen molar-refractivity contribution in [3.05, 3.63) is 29.8 Å². The van der Waals surface area contributed by atoms with Gasteiger partial charge in [-0.2, -0.15) is 0 Å². The summed E-state index contributed by atoms with van der Waals surface area (Å²) in [6.07, 6.45) is 0. The van der Waals surface area contributed by atoms with Crippen molar-refractivity contribution in [2.45, 2.75) is 23.5 Å². The van der Waals surface area contributed by atoms with Crippen LogP contribution in [-0.4, -0.2) is 15.8 Å². The lowest BCUT2D eigenvalue weighted by Gasteiger charge is -2.18. The van der Waals surface area contributed by atoms with E-state index in [1.165, 1.54) is 19.9 Å². The van der Waals surface area contributed by atoms with E-state index in [0.717, 1.165) is 23.9 Å². The molecule has 0 heterocycles. The molecule has 0 bridgehead atoms. The molecule has 0 saturated carbocycles. The molecule has 82 valence electrons. The highest BCUT2D eigenvalue weighted by atomic mass is 32.2. The van der Waals surface area contributed by atoms with Gasteiger partial charge in [-0.05, 0) is 32.0 Å².